The number of hydrogen-bond acceptors (Lipinski definition) is 5. The van der Waals surface area contributed by atoms with Crippen molar-refractivity contribution in [3.8, 4) is 12.3 Å². The second kappa shape index (κ2) is 9.75. The van der Waals surface area contributed by atoms with Crippen molar-refractivity contribution in [2.75, 3.05) is 25.6 Å². The molecule has 1 saturated carbocycles. The molecule has 190 valence electrons. The molecule has 3 amide bonds. The number of amides is 3. The first kappa shape index (κ1) is 24.6. The summed E-state index contributed by atoms with van der Waals surface area (Å²) in [6, 6.07) is 12.7. The maximum absolute atomic E-state index is 13.5. The highest BCUT2D eigenvalue weighted by molar-refractivity contribution is 5.97. The van der Waals surface area contributed by atoms with Gasteiger partial charge < -0.3 is 15.5 Å². The molecular weight excluding hydrogens is 466 g/mol. The van der Waals surface area contributed by atoms with Crippen LogP contribution in [0, 0.1) is 25.2 Å². The largest absolute Gasteiger partial charge is 0.334 e. The highest BCUT2D eigenvalue weighted by Gasteiger charge is 2.43. The molecule has 2 heterocycles. The number of carbonyl (C=O) groups excluding carboxylic acids is 3. The van der Waals surface area contributed by atoms with Crippen LogP contribution in [0.3, 0.4) is 0 Å². The Bertz CT molecular complexity index is 1340. The monoisotopic (exact) mass is 497 g/mol. The number of likely N-dealkylation sites (N-methyl/N-ethyl adjacent to an activating group) is 1. The molecule has 2 N–H and O–H groups in total. The number of fused-ring (bicyclic) bond motifs is 1. The van der Waals surface area contributed by atoms with Gasteiger partial charge in [0.2, 0.25) is 5.91 Å². The van der Waals surface area contributed by atoms with E-state index in [1.54, 1.807) is 11.0 Å². The van der Waals surface area contributed by atoms with Crippen LogP contribution in [0.5, 0.6) is 0 Å². The number of piperazine rings is 1. The van der Waals surface area contributed by atoms with Crippen LogP contribution in [-0.4, -0.2) is 58.9 Å². The Morgan fingerprint density at radius 3 is 2.65 bits per heavy atom. The summed E-state index contributed by atoms with van der Waals surface area (Å²) in [5, 5.41) is 9.96. The lowest BCUT2D eigenvalue weighted by atomic mass is 10.0. The fourth-order valence-corrected chi connectivity index (χ4v) is 5.07. The molecule has 1 saturated heterocycles. The van der Waals surface area contributed by atoms with Gasteiger partial charge in [-0.1, -0.05) is 29.7 Å². The van der Waals surface area contributed by atoms with E-state index in [2.05, 4.69) is 16.6 Å². The molecule has 0 radical (unpaired) electrons. The average molecular weight is 498 g/mol. The van der Waals surface area contributed by atoms with E-state index < -0.39 is 0 Å². The van der Waals surface area contributed by atoms with Gasteiger partial charge in [-0.2, -0.15) is 0 Å². The van der Waals surface area contributed by atoms with Gasteiger partial charge in [-0.15, -0.1) is 6.42 Å². The lowest BCUT2D eigenvalue weighted by molar-refractivity contribution is -0.139. The van der Waals surface area contributed by atoms with Gasteiger partial charge in [-0.25, -0.2) is 5.01 Å². The number of aryl methyl sites for hydroxylation is 1. The molecule has 8 nitrogen and oxygen atoms in total. The number of hydrazine groups is 1. The minimum Gasteiger partial charge on any atom is -0.334 e. The Morgan fingerprint density at radius 1 is 1.16 bits per heavy atom. The number of anilines is 1. The number of carbonyl (C=O) groups is 3. The molecule has 2 fully saturated rings. The number of nitrogens with zero attached hydrogens (tertiary/aromatic N) is 3. The zero-order chi connectivity index (χ0) is 26.3. The van der Waals surface area contributed by atoms with Gasteiger partial charge in [-0.3, -0.25) is 19.4 Å². The van der Waals surface area contributed by atoms with Gasteiger partial charge in [-0.05, 0) is 62.6 Å². The Labute approximate surface area is 217 Å². The van der Waals surface area contributed by atoms with Crippen molar-refractivity contribution in [3.05, 3.63) is 76.5 Å². The third kappa shape index (κ3) is 4.83. The van der Waals surface area contributed by atoms with Crippen molar-refractivity contribution < 1.29 is 14.4 Å². The topological polar surface area (TPSA) is 85.0 Å². The molecule has 1 aliphatic carbocycles. The fourth-order valence-electron chi connectivity index (χ4n) is 5.07. The standard InChI is InChI=1S/C29H31N5O3/c1-5-20-9-12-23(24(14-20)31-28(36)21-10-11-21)25-15-26-29(37)33(16-19(3)34(26)32(25)4)17-30-27(35)22-8-6-7-18(2)13-22/h1,6-9,12-15,19,21,25H,10-11,16-17H2,2-4H3,(H,30,35)(H,31,36). The summed E-state index contributed by atoms with van der Waals surface area (Å²) < 4.78 is 0. The molecule has 5 rings (SSSR count). The molecule has 8 heteroatoms. The van der Waals surface area contributed by atoms with E-state index in [1.807, 2.05) is 73.4 Å². The van der Waals surface area contributed by atoms with Crippen LogP contribution < -0.4 is 10.6 Å². The first-order chi connectivity index (χ1) is 17.8. The summed E-state index contributed by atoms with van der Waals surface area (Å²) in [6.07, 6.45) is 9.35. The summed E-state index contributed by atoms with van der Waals surface area (Å²) in [5.41, 5.74) is 4.34. The van der Waals surface area contributed by atoms with Crippen molar-refractivity contribution in [2.45, 2.75) is 38.8 Å². The Hall–Kier alpha value is -4.09. The molecule has 37 heavy (non-hydrogen) atoms. The summed E-state index contributed by atoms with van der Waals surface area (Å²) >= 11 is 0. The second-order valence-electron chi connectivity index (χ2n) is 10.0. The minimum atomic E-state index is -0.260. The molecule has 0 aromatic heterocycles. The predicted molar refractivity (Wildman–Crippen MR) is 141 cm³/mol. The van der Waals surface area contributed by atoms with Gasteiger partial charge >= 0.3 is 0 Å². The van der Waals surface area contributed by atoms with Crippen LogP contribution in [0.15, 0.2) is 54.2 Å². The summed E-state index contributed by atoms with van der Waals surface area (Å²) in [6.45, 7) is 4.56. The molecular formula is C29H31N5O3. The van der Waals surface area contributed by atoms with Crippen molar-refractivity contribution in [1.82, 2.24) is 20.2 Å². The third-order valence-corrected chi connectivity index (χ3v) is 7.17. The smallest absolute Gasteiger partial charge is 0.272 e. The first-order valence-electron chi connectivity index (χ1n) is 12.6. The number of nitrogens with one attached hydrogen (secondary N) is 2. The van der Waals surface area contributed by atoms with E-state index in [0.29, 0.717) is 29.1 Å². The number of benzene rings is 2. The molecule has 2 aliphatic heterocycles. The molecule has 3 aliphatic rings. The summed E-state index contributed by atoms with van der Waals surface area (Å²) in [7, 11) is 1.94. The fraction of sp³-hybridized carbons (Fsp3) is 0.345. The van der Waals surface area contributed by atoms with Crippen LogP contribution in [0.2, 0.25) is 0 Å². The molecule has 2 atom stereocenters. The quantitative estimate of drug-likeness (QED) is 0.600. The summed E-state index contributed by atoms with van der Waals surface area (Å²) in [4.78, 5) is 40.4. The highest BCUT2D eigenvalue weighted by Crippen LogP contribution is 2.40. The Kier molecular flexibility index (Phi) is 6.48. The van der Waals surface area contributed by atoms with Gasteiger partial charge in [0.15, 0.2) is 0 Å². The first-order valence-corrected chi connectivity index (χ1v) is 12.6. The molecule has 2 unspecified atom stereocenters. The zero-order valence-electron chi connectivity index (χ0n) is 21.3. The summed E-state index contributed by atoms with van der Waals surface area (Å²) in [5.74, 6) is 2.32. The zero-order valence-corrected chi connectivity index (χ0v) is 21.3. The van der Waals surface area contributed by atoms with Crippen LogP contribution >= 0.6 is 0 Å². The Morgan fingerprint density at radius 2 is 1.95 bits per heavy atom. The SMILES string of the molecule is C#Cc1ccc(C2C=C3C(=O)N(CNC(=O)c4cccc(C)c4)CC(C)N3N2C)c(NC(=O)C2CC2)c1. The molecule has 2 aromatic carbocycles. The normalized spacial score (nSPS) is 21.2. The van der Waals surface area contributed by atoms with E-state index >= 15 is 0 Å². The number of rotatable bonds is 6. The lowest BCUT2D eigenvalue weighted by Crippen LogP contribution is -2.57. The van der Waals surface area contributed by atoms with Crippen molar-refractivity contribution in [3.63, 3.8) is 0 Å². The van der Waals surface area contributed by atoms with Crippen LogP contribution in [0.25, 0.3) is 0 Å². The second-order valence-corrected chi connectivity index (χ2v) is 10.0. The Balaban J connectivity index is 1.37. The maximum Gasteiger partial charge on any atom is 0.272 e. The molecule has 0 spiro atoms. The number of hydrogen-bond donors (Lipinski definition) is 2. The third-order valence-electron chi connectivity index (χ3n) is 7.17. The average Bonchev–Trinajstić information content (AvgIpc) is 3.68. The number of terminal acetylenes is 1. The van der Waals surface area contributed by atoms with E-state index in [4.69, 9.17) is 6.42 Å². The van der Waals surface area contributed by atoms with Crippen molar-refractivity contribution in [2.24, 2.45) is 5.92 Å². The van der Waals surface area contributed by atoms with Gasteiger partial charge in [0.25, 0.3) is 11.8 Å². The van der Waals surface area contributed by atoms with E-state index in [9.17, 15) is 14.4 Å². The molecule has 2 aromatic rings. The van der Waals surface area contributed by atoms with Gasteiger partial charge in [0.1, 0.15) is 5.70 Å². The minimum absolute atomic E-state index is 0.00131. The van der Waals surface area contributed by atoms with Crippen LogP contribution in [0.4, 0.5) is 5.69 Å². The predicted octanol–water partition coefficient (Wildman–Crippen LogP) is 3.03. The van der Waals surface area contributed by atoms with E-state index in [1.165, 1.54) is 0 Å². The van der Waals surface area contributed by atoms with Crippen molar-refractivity contribution in [1.29, 1.82) is 0 Å². The van der Waals surface area contributed by atoms with Crippen molar-refractivity contribution >= 4 is 23.4 Å². The van der Waals surface area contributed by atoms with Crippen LogP contribution in [-0.2, 0) is 9.59 Å². The van der Waals surface area contributed by atoms with E-state index in [-0.39, 0.29) is 42.4 Å². The van der Waals surface area contributed by atoms with Gasteiger partial charge in [0.05, 0.1) is 18.8 Å². The van der Waals surface area contributed by atoms with Gasteiger partial charge in [0, 0.05) is 36.3 Å². The van der Waals surface area contributed by atoms with Crippen LogP contribution in [0.1, 0.15) is 52.9 Å². The molecule has 0 bridgehead atoms. The lowest BCUT2D eigenvalue weighted by Gasteiger charge is -2.43. The van der Waals surface area contributed by atoms with E-state index in [0.717, 1.165) is 24.0 Å². The maximum atomic E-state index is 13.5. The highest BCUT2D eigenvalue weighted by atomic mass is 16.2.